The third-order valence-electron chi connectivity index (χ3n) is 4.12. The van der Waals surface area contributed by atoms with Gasteiger partial charge in [0.2, 0.25) is 0 Å². The van der Waals surface area contributed by atoms with E-state index >= 15 is 0 Å². The molecular weight excluding hydrogens is 382 g/mol. The van der Waals surface area contributed by atoms with Crippen LogP contribution >= 0.6 is 0 Å². The Morgan fingerprint density at radius 3 is 2.71 bits per heavy atom. The topological polar surface area (TPSA) is 99.5 Å². The van der Waals surface area contributed by atoms with Crippen molar-refractivity contribution in [1.82, 2.24) is 9.55 Å². The number of sulfonamides is 1. The third-order valence-corrected chi connectivity index (χ3v) is 5.55. The first-order valence-electron chi connectivity index (χ1n) is 8.61. The lowest BCUT2D eigenvalue weighted by atomic mass is 10.2. The van der Waals surface area contributed by atoms with Gasteiger partial charge in [-0.3, -0.25) is 4.72 Å². The number of fused-ring (bicyclic) bond motifs is 1. The van der Waals surface area contributed by atoms with Gasteiger partial charge in [0.1, 0.15) is 12.4 Å². The highest BCUT2D eigenvalue weighted by atomic mass is 32.2. The SMILES string of the molecule is CCOC(=O)c1cc2cccc(NS(=O)(=O)c3ncccc3C)c2n1COC. The van der Waals surface area contributed by atoms with Crippen LogP contribution in [0.15, 0.2) is 47.6 Å². The highest BCUT2D eigenvalue weighted by Gasteiger charge is 2.23. The molecule has 0 aliphatic rings. The van der Waals surface area contributed by atoms with Crippen molar-refractivity contribution in [1.29, 1.82) is 0 Å². The number of carbonyl (C=O) groups is 1. The zero-order valence-corrected chi connectivity index (χ0v) is 16.6. The number of anilines is 1. The van der Waals surface area contributed by atoms with Crippen molar-refractivity contribution < 1.29 is 22.7 Å². The minimum atomic E-state index is -3.92. The number of nitrogens with one attached hydrogen (secondary N) is 1. The summed E-state index contributed by atoms with van der Waals surface area (Å²) in [6.07, 6.45) is 1.43. The summed E-state index contributed by atoms with van der Waals surface area (Å²) >= 11 is 0. The molecule has 0 aliphatic heterocycles. The third kappa shape index (κ3) is 3.71. The van der Waals surface area contributed by atoms with Crippen LogP contribution in [0.25, 0.3) is 10.9 Å². The van der Waals surface area contributed by atoms with E-state index in [1.807, 2.05) is 0 Å². The number of aromatic nitrogens is 2. The number of para-hydroxylation sites is 1. The van der Waals surface area contributed by atoms with Crippen molar-refractivity contribution in [3.8, 4) is 0 Å². The first-order valence-corrected chi connectivity index (χ1v) is 10.1. The molecule has 0 fully saturated rings. The molecule has 0 saturated heterocycles. The Hall–Kier alpha value is -2.91. The van der Waals surface area contributed by atoms with Crippen molar-refractivity contribution in [2.75, 3.05) is 18.4 Å². The van der Waals surface area contributed by atoms with Gasteiger partial charge in [0, 0.05) is 18.7 Å². The maximum absolute atomic E-state index is 12.9. The number of ether oxygens (including phenoxy) is 2. The monoisotopic (exact) mass is 403 g/mol. The summed E-state index contributed by atoms with van der Waals surface area (Å²) in [5.41, 5.74) is 1.64. The summed E-state index contributed by atoms with van der Waals surface area (Å²) in [6.45, 7) is 3.68. The Morgan fingerprint density at radius 1 is 1.25 bits per heavy atom. The molecule has 3 rings (SSSR count). The van der Waals surface area contributed by atoms with Crippen molar-refractivity contribution >= 4 is 32.6 Å². The van der Waals surface area contributed by atoms with Crippen molar-refractivity contribution in [3.63, 3.8) is 0 Å². The Balaban J connectivity index is 2.14. The molecule has 148 valence electrons. The molecule has 3 aromatic rings. The smallest absolute Gasteiger partial charge is 0.355 e. The van der Waals surface area contributed by atoms with Gasteiger partial charge in [-0.05, 0) is 37.6 Å². The van der Waals surface area contributed by atoms with Gasteiger partial charge in [-0.25, -0.2) is 9.78 Å². The molecule has 1 aromatic carbocycles. The summed E-state index contributed by atoms with van der Waals surface area (Å²) in [7, 11) is -2.43. The number of pyridine rings is 1. The summed E-state index contributed by atoms with van der Waals surface area (Å²) in [5, 5.41) is 0.625. The van der Waals surface area contributed by atoms with E-state index in [1.165, 1.54) is 13.3 Å². The molecule has 0 bridgehead atoms. The van der Waals surface area contributed by atoms with Crippen LogP contribution in [-0.4, -0.2) is 37.7 Å². The minimum absolute atomic E-state index is 0.0533. The standard InChI is InChI=1S/C19H21N3O5S/c1-4-27-19(23)16-11-14-8-5-9-15(17(14)22(16)12-26-3)21-28(24,25)18-13(2)7-6-10-20-18/h5-11,21H,4,12H2,1-3H3. The lowest BCUT2D eigenvalue weighted by Gasteiger charge is -2.14. The molecule has 1 N–H and O–H groups in total. The summed E-state index contributed by atoms with van der Waals surface area (Å²) in [5.74, 6) is -0.509. The van der Waals surface area contributed by atoms with E-state index in [2.05, 4.69) is 9.71 Å². The number of carbonyl (C=O) groups excluding carboxylic acids is 1. The van der Waals surface area contributed by atoms with Gasteiger partial charge in [0.15, 0.2) is 5.03 Å². The second kappa shape index (κ2) is 7.99. The van der Waals surface area contributed by atoms with Crippen LogP contribution in [-0.2, 0) is 26.2 Å². The molecule has 8 nitrogen and oxygen atoms in total. The molecule has 9 heteroatoms. The zero-order chi connectivity index (χ0) is 20.3. The van der Waals surface area contributed by atoms with Gasteiger partial charge >= 0.3 is 5.97 Å². The summed E-state index contributed by atoms with van der Waals surface area (Å²) in [4.78, 5) is 16.3. The molecule has 28 heavy (non-hydrogen) atoms. The van der Waals surface area contributed by atoms with Crippen LogP contribution in [0.2, 0.25) is 0 Å². The van der Waals surface area contributed by atoms with Crippen LogP contribution in [0.5, 0.6) is 0 Å². The summed E-state index contributed by atoms with van der Waals surface area (Å²) in [6, 6.07) is 10.1. The molecule has 0 aliphatic carbocycles. The lowest BCUT2D eigenvalue weighted by Crippen LogP contribution is -2.17. The van der Waals surface area contributed by atoms with Crippen LogP contribution in [0, 0.1) is 6.92 Å². The molecule has 2 aromatic heterocycles. The molecule has 0 atom stereocenters. The Bertz CT molecular complexity index is 1120. The summed E-state index contributed by atoms with van der Waals surface area (Å²) < 4.78 is 40.2. The molecule has 2 heterocycles. The van der Waals surface area contributed by atoms with E-state index in [-0.39, 0.29) is 24.1 Å². The molecular formula is C19H21N3O5S. The van der Waals surface area contributed by atoms with E-state index in [0.717, 1.165) is 0 Å². The lowest BCUT2D eigenvalue weighted by molar-refractivity contribution is 0.0496. The zero-order valence-electron chi connectivity index (χ0n) is 15.8. The van der Waals surface area contributed by atoms with Crippen LogP contribution in [0.3, 0.4) is 0 Å². The van der Waals surface area contributed by atoms with Crippen LogP contribution in [0.1, 0.15) is 23.0 Å². The van der Waals surface area contributed by atoms with E-state index < -0.39 is 16.0 Å². The maximum atomic E-state index is 12.9. The fraction of sp³-hybridized carbons (Fsp3) is 0.263. The Kier molecular flexibility index (Phi) is 5.66. The Morgan fingerprint density at radius 2 is 2.04 bits per heavy atom. The number of rotatable bonds is 7. The number of aryl methyl sites for hydroxylation is 1. The molecule has 0 radical (unpaired) electrons. The number of nitrogens with zero attached hydrogens (tertiary/aromatic N) is 2. The van der Waals surface area contributed by atoms with Gasteiger partial charge in [-0.1, -0.05) is 18.2 Å². The molecule has 0 spiro atoms. The fourth-order valence-corrected chi connectivity index (χ4v) is 4.23. The highest BCUT2D eigenvalue weighted by Crippen LogP contribution is 2.30. The highest BCUT2D eigenvalue weighted by molar-refractivity contribution is 7.92. The predicted molar refractivity (Wildman–Crippen MR) is 105 cm³/mol. The van der Waals surface area contributed by atoms with E-state index in [1.54, 1.807) is 54.8 Å². The quantitative estimate of drug-likeness (QED) is 0.609. The normalized spacial score (nSPS) is 11.5. The second-order valence-corrected chi connectivity index (χ2v) is 7.67. The first kappa shape index (κ1) is 19.8. The van der Waals surface area contributed by atoms with Gasteiger partial charge in [-0.2, -0.15) is 8.42 Å². The van der Waals surface area contributed by atoms with Crippen LogP contribution < -0.4 is 4.72 Å². The first-order chi connectivity index (χ1) is 13.4. The van der Waals surface area contributed by atoms with E-state index in [9.17, 15) is 13.2 Å². The molecule has 0 amide bonds. The average molecular weight is 403 g/mol. The average Bonchev–Trinajstić information content (AvgIpc) is 3.02. The number of hydrogen-bond donors (Lipinski definition) is 1. The van der Waals surface area contributed by atoms with Crippen molar-refractivity contribution in [3.05, 3.63) is 53.9 Å². The van der Waals surface area contributed by atoms with Gasteiger partial charge in [-0.15, -0.1) is 0 Å². The molecule has 0 unspecified atom stereocenters. The van der Waals surface area contributed by atoms with Crippen molar-refractivity contribution in [2.24, 2.45) is 0 Å². The predicted octanol–water partition coefficient (Wildman–Crippen LogP) is 2.93. The van der Waals surface area contributed by atoms with Gasteiger partial charge in [0.05, 0.1) is 17.8 Å². The van der Waals surface area contributed by atoms with E-state index in [4.69, 9.17) is 9.47 Å². The second-order valence-electron chi connectivity index (χ2n) is 6.07. The fourth-order valence-electron chi connectivity index (χ4n) is 2.99. The Labute approximate surface area is 163 Å². The number of benzene rings is 1. The maximum Gasteiger partial charge on any atom is 0.355 e. The largest absolute Gasteiger partial charge is 0.461 e. The number of hydrogen-bond acceptors (Lipinski definition) is 6. The number of methoxy groups -OCH3 is 1. The van der Waals surface area contributed by atoms with Gasteiger partial charge in [0.25, 0.3) is 10.0 Å². The molecule has 0 saturated carbocycles. The van der Waals surface area contributed by atoms with Crippen molar-refractivity contribution in [2.45, 2.75) is 25.6 Å². The van der Waals surface area contributed by atoms with E-state index in [0.29, 0.717) is 22.2 Å². The number of esters is 1. The van der Waals surface area contributed by atoms with Crippen LogP contribution in [0.4, 0.5) is 5.69 Å². The van der Waals surface area contributed by atoms with Gasteiger partial charge < -0.3 is 14.0 Å². The minimum Gasteiger partial charge on any atom is -0.461 e.